The molecule has 0 radical (unpaired) electrons. The molecule has 13 heavy (non-hydrogen) atoms. The zero-order valence-electron chi connectivity index (χ0n) is 7.50. The van der Waals surface area contributed by atoms with Gasteiger partial charge in [0.05, 0.1) is 0 Å². The monoisotopic (exact) mass is 187 g/mol. The maximum absolute atomic E-state index is 10.1. The molecule has 1 fully saturated rings. The van der Waals surface area contributed by atoms with Crippen molar-refractivity contribution in [1.82, 2.24) is 5.32 Å². The number of carboxylic acid groups (broad SMARTS) is 1. The van der Waals surface area contributed by atoms with Crippen molar-refractivity contribution in [3.63, 3.8) is 0 Å². The molecule has 1 aliphatic heterocycles. The van der Waals surface area contributed by atoms with Gasteiger partial charge in [0.25, 0.3) is 0 Å². The van der Waals surface area contributed by atoms with E-state index in [1.54, 1.807) is 0 Å². The summed E-state index contributed by atoms with van der Waals surface area (Å²) in [5, 5.41) is 10.1. The van der Waals surface area contributed by atoms with Crippen LogP contribution in [0.5, 0.6) is 0 Å². The van der Waals surface area contributed by atoms with Crippen LogP contribution in [0.15, 0.2) is 0 Å². The van der Waals surface area contributed by atoms with Gasteiger partial charge in [-0.25, -0.2) is 0 Å². The summed E-state index contributed by atoms with van der Waals surface area (Å²) in [7, 11) is 0. The van der Waals surface area contributed by atoms with Crippen LogP contribution in [0.25, 0.3) is 0 Å². The summed E-state index contributed by atoms with van der Waals surface area (Å²) in [4.78, 5) is 29.8. The molecule has 2 N–H and O–H groups in total. The third kappa shape index (κ3) is 6.99. The Morgan fingerprint density at radius 2 is 1.85 bits per heavy atom. The molecule has 0 saturated carbocycles. The summed E-state index contributed by atoms with van der Waals surface area (Å²) in [5.41, 5.74) is 0. The van der Waals surface area contributed by atoms with Gasteiger partial charge in [0.2, 0.25) is 11.8 Å². The van der Waals surface area contributed by atoms with Crippen molar-refractivity contribution >= 4 is 17.8 Å². The fourth-order valence-corrected chi connectivity index (χ4v) is 0.721. The lowest BCUT2D eigenvalue weighted by atomic mass is 10.4. The number of hydrogen-bond donors (Lipinski definition) is 2. The van der Waals surface area contributed by atoms with E-state index in [9.17, 15) is 14.4 Å². The molecule has 0 unspecified atom stereocenters. The predicted molar refractivity (Wildman–Crippen MR) is 44.9 cm³/mol. The van der Waals surface area contributed by atoms with Crippen LogP contribution in [0, 0.1) is 0 Å². The maximum Gasteiger partial charge on any atom is 0.303 e. The summed E-state index contributed by atoms with van der Waals surface area (Å²) in [6, 6.07) is 0. The Kier molecular flexibility index (Phi) is 5.50. The highest BCUT2D eigenvalue weighted by molar-refractivity contribution is 6.01. The molecule has 0 aromatic rings. The quantitative estimate of drug-likeness (QED) is 0.609. The van der Waals surface area contributed by atoms with E-state index in [0.717, 1.165) is 6.42 Å². The van der Waals surface area contributed by atoms with Crippen molar-refractivity contribution in [3.8, 4) is 0 Å². The fraction of sp³-hybridized carbons (Fsp3) is 0.625. The van der Waals surface area contributed by atoms with Crippen molar-refractivity contribution in [2.75, 3.05) is 0 Å². The lowest BCUT2D eigenvalue weighted by Crippen LogP contribution is -2.18. The van der Waals surface area contributed by atoms with E-state index in [-0.39, 0.29) is 11.8 Å². The first-order valence-corrected chi connectivity index (χ1v) is 4.10. The summed E-state index contributed by atoms with van der Waals surface area (Å²) >= 11 is 0. The third-order valence-corrected chi connectivity index (χ3v) is 1.32. The number of aliphatic carboxylic acids is 1. The summed E-state index contributed by atoms with van der Waals surface area (Å²) < 4.78 is 0. The Balaban J connectivity index is 0.000000226. The largest absolute Gasteiger partial charge is 0.481 e. The second kappa shape index (κ2) is 6.16. The molecule has 74 valence electrons. The first kappa shape index (κ1) is 11.6. The van der Waals surface area contributed by atoms with Gasteiger partial charge in [0, 0.05) is 19.3 Å². The molecule has 5 heteroatoms. The molecule has 1 rings (SSSR count). The molecule has 0 aromatic heterocycles. The lowest BCUT2D eigenvalue weighted by molar-refractivity contribution is -0.137. The molecule has 0 aliphatic carbocycles. The Morgan fingerprint density at radius 1 is 1.38 bits per heavy atom. The fourth-order valence-electron chi connectivity index (χ4n) is 0.721. The smallest absolute Gasteiger partial charge is 0.303 e. The number of rotatable bonds is 2. The van der Waals surface area contributed by atoms with Crippen molar-refractivity contribution in [3.05, 3.63) is 0 Å². The van der Waals surface area contributed by atoms with Crippen molar-refractivity contribution < 1.29 is 19.5 Å². The molecule has 2 amide bonds. The van der Waals surface area contributed by atoms with Gasteiger partial charge < -0.3 is 5.11 Å². The third-order valence-electron chi connectivity index (χ3n) is 1.32. The van der Waals surface area contributed by atoms with Crippen LogP contribution in [0.1, 0.15) is 32.6 Å². The molecule has 0 aromatic carbocycles. The van der Waals surface area contributed by atoms with Crippen LogP contribution in [0.4, 0.5) is 0 Å². The normalized spacial score (nSPS) is 14.5. The number of carbonyl (C=O) groups excluding carboxylic acids is 2. The number of amides is 2. The minimum Gasteiger partial charge on any atom is -0.481 e. The Bertz CT molecular complexity index is 198. The number of carbonyl (C=O) groups is 3. The van der Waals surface area contributed by atoms with Crippen LogP contribution in [-0.2, 0) is 14.4 Å². The second-order valence-corrected chi connectivity index (χ2v) is 2.62. The molecule has 0 bridgehead atoms. The van der Waals surface area contributed by atoms with E-state index in [1.807, 2.05) is 6.92 Å². The molecule has 1 saturated heterocycles. The van der Waals surface area contributed by atoms with Crippen molar-refractivity contribution in [2.24, 2.45) is 0 Å². The molecule has 0 spiro atoms. The standard InChI is InChI=1S/C4H5NO2.C4H8O2/c6-3-1-2-4(7)5-3;1-2-3-4(5)6/h1-2H2,(H,5,6,7);2-3H2,1H3,(H,5,6). The first-order valence-electron chi connectivity index (χ1n) is 4.10. The van der Waals surface area contributed by atoms with Gasteiger partial charge in [-0.1, -0.05) is 6.92 Å². The highest BCUT2D eigenvalue weighted by Crippen LogP contribution is 1.95. The van der Waals surface area contributed by atoms with Gasteiger partial charge in [-0.15, -0.1) is 0 Å². The van der Waals surface area contributed by atoms with E-state index >= 15 is 0 Å². The maximum atomic E-state index is 10.1. The average Bonchev–Trinajstić information content (AvgIpc) is 2.35. The Labute approximate surface area is 76.1 Å². The summed E-state index contributed by atoms with van der Waals surface area (Å²) in [6.45, 7) is 1.84. The summed E-state index contributed by atoms with van der Waals surface area (Å²) in [6.07, 6.45) is 1.77. The van der Waals surface area contributed by atoms with Crippen molar-refractivity contribution in [1.29, 1.82) is 0 Å². The number of imide groups is 1. The summed E-state index contributed by atoms with van der Waals surface area (Å²) in [5.74, 6) is -1.01. The van der Waals surface area contributed by atoms with E-state index in [0.29, 0.717) is 19.3 Å². The zero-order chi connectivity index (χ0) is 10.3. The van der Waals surface area contributed by atoms with Gasteiger partial charge in [0.1, 0.15) is 0 Å². The topological polar surface area (TPSA) is 83.5 Å². The highest BCUT2D eigenvalue weighted by Gasteiger charge is 2.15. The molecule has 1 aliphatic rings. The lowest BCUT2D eigenvalue weighted by Gasteiger charge is -1.79. The Morgan fingerprint density at radius 3 is 1.92 bits per heavy atom. The first-order chi connectivity index (χ1) is 6.06. The zero-order valence-corrected chi connectivity index (χ0v) is 7.50. The van der Waals surface area contributed by atoms with Gasteiger partial charge in [-0.05, 0) is 6.42 Å². The van der Waals surface area contributed by atoms with E-state index in [4.69, 9.17) is 5.11 Å². The van der Waals surface area contributed by atoms with Crippen LogP contribution in [0.2, 0.25) is 0 Å². The van der Waals surface area contributed by atoms with Crippen LogP contribution in [0.3, 0.4) is 0 Å². The number of hydrogen-bond acceptors (Lipinski definition) is 3. The van der Waals surface area contributed by atoms with Crippen LogP contribution < -0.4 is 5.32 Å². The van der Waals surface area contributed by atoms with Gasteiger partial charge in [0.15, 0.2) is 0 Å². The number of nitrogens with one attached hydrogen (secondary N) is 1. The second-order valence-electron chi connectivity index (χ2n) is 2.62. The van der Waals surface area contributed by atoms with Gasteiger partial charge in [-0.2, -0.15) is 0 Å². The van der Waals surface area contributed by atoms with Crippen LogP contribution in [-0.4, -0.2) is 22.9 Å². The van der Waals surface area contributed by atoms with E-state index in [2.05, 4.69) is 5.32 Å². The molecular weight excluding hydrogens is 174 g/mol. The molecule has 1 heterocycles. The minimum absolute atomic E-state index is 0.148. The molecule has 5 nitrogen and oxygen atoms in total. The SMILES string of the molecule is CCCC(=O)O.O=C1CCC(=O)N1. The molecule has 0 atom stereocenters. The highest BCUT2D eigenvalue weighted by atomic mass is 16.4. The predicted octanol–water partition coefficient (Wildman–Crippen LogP) is 0.294. The minimum atomic E-state index is -0.711. The molecular formula is C8H13NO4. The Hall–Kier alpha value is -1.39. The number of carboxylic acids is 1. The van der Waals surface area contributed by atoms with E-state index in [1.165, 1.54) is 0 Å². The van der Waals surface area contributed by atoms with E-state index < -0.39 is 5.97 Å². The van der Waals surface area contributed by atoms with Crippen molar-refractivity contribution in [2.45, 2.75) is 32.6 Å². The van der Waals surface area contributed by atoms with Crippen LogP contribution >= 0.6 is 0 Å². The van der Waals surface area contributed by atoms with Gasteiger partial charge >= 0.3 is 5.97 Å². The average molecular weight is 187 g/mol. The van der Waals surface area contributed by atoms with Gasteiger partial charge in [-0.3, -0.25) is 19.7 Å².